The largest absolute Gasteiger partial charge is 0.496 e. The van der Waals surface area contributed by atoms with Gasteiger partial charge in [0.2, 0.25) is 5.91 Å². The molecule has 0 heterocycles. The Morgan fingerprint density at radius 1 is 1.15 bits per heavy atom. The number of ether oxygens (including phenoxy) is 1. The number of hydrogen-bond acceptors (Lipinski definition) is 3. The molecule has 138 valence electrons. The number of methoxy groups -OCH3 is 1. The summed E-state index contributed by atoms with van der Waals surface area (Å²) >= 11 is 3.33. The van der Waals surface area contributed by atoms with E-state index < -0.39 is 0 Å². The van der Waals surface area contributed by atoms with E-state index in [9.17, 15) is 9.59 Å². The molecular formula is C20H23BrN2O3. The summed E-state index contributed by atoms with van der Waals surface area (Å²) in [5, 5.41) is 5.70. The van der Waals surface area contributed by atoms with Crippen LogP contribution in [0.5, 0.6) is 5.75 Å². The van der Waals surface area contributed by atoms with Crippen LogP contribution in [0.15, 0.2) is 46.9 Å². The van der Waals surface area contributed by atoms with Gasteiger partial charge in [-0.15, -0.1) is 0 Å². The van der Waals surface area contributed by atoms with Gasteiger partial charge in [0.15, 0.2) is 0 Å². The third-order valence-electron chi connectivity index (χ3n) is 3.97. The highest BCUT2D eigenvalue weighted by Gasteiger charge is 2.14. The van der Waals surface area contributed by atoms with Crippen molar-refractivity contribution in [1.82, 2.24) is 10.6 Å². The van der Waals surface area contributed by atoms with E-state index in [1.54, 1.807) is 31.4 Å². The number of aryl methyl sites for hydroxylation is 1. The first-order chi connectivity index (χ1) is 12.4. The highest BCUT2D eigenvalue weighted by Crippen LogP contribution is 2.26. The number of benzene rings is 2. The molecule has 0 fully saturated rings. The highest BCUT2D eigenvalue weighted by atomic mass is 79.9. The lowest BCUT2D eigenvalue weighted by molar-refractivity contribution is -0.121. The van der Waals surface area contributed by atoms with Gasteiger partial charge in [-0.2, -0.15) is 0 Å². The second-order valence-electron chi connectivity index (χ2n) is 6.05. The van der Waals surface area contributed by atoms with Crippen LogP contribution in [0.2, 0.25) is 0 Å². The van der Waals surface area contributed by atoms with Gasteiger partial charge in [0.1, 0.15) is 5.75 Å². The van der Waals surface area contributed by atoms with Gasteiger partial charge in [-0.3, -0.25) is 9.59 Å². The van der Waals surface area contributed by atoms with Gasteiger partial charge in [-0.05, 0) is 44.2 Å². The van der Waals surface area contributed by atoms with Crippen LogP contribution in [0.4, 0.5) is 0 Å². The Bertz CT molecular complexity index is 775. The van der Waals surface area contributed by atoms with Gasteiger partial charge in [0, 0.05) is 28.6 Å². The van der Waals surface area contributed by atoms with E-state index in [-0.39, 0.29) is 30.8 Å². The van der Waals surface area contributed by atoms with E-state index in [0.717, 1.165) is 21.3 Å². The third kappa shape index (κ3) is 5.59. The normalized spacial score (nSPS) is 11.5. The van der Waals surface area contributed by atoms with Crippen LogP contribution in [-0.2, 0) is 4.79 Å². The molecule has 0 radical (unpaired) electrons. The molecule has 0 saturated heterocycles. The van der Waals surface area contributed by atoms with E-state index in [2.05, 4.69) is 26.6 Å². The lowest BCUT2D eigenvalue weighted by Crippen LogP contribution is -2.32. The van der Waals surface area contributed by atoms with Crippen LogP contribution in [0, 0.1) is 6.92 Å². The van der Waals surface area contributed by atoms with Crippen molar-refractivity contribution in [2.75, 3.05) is 13.7 Å². The summed E-state index contributed by atoms with van der Waals surface area (Å²) in [5.74, 6) is 0.419. The molecule has 0 bridgehead atoms. The second-order valence-corrected chi connectivity index (χ2v) is 6.96. The van der Waals surface area contributed by atoms with Crippen molar-refractivity contribution in [3.8, 4) is 5.75 Å². The molecule has 0 aromatic heterocycles. The first-order valence-corrected chi connectivity index (χ1v) is 9.17. The van der Waals surface area contributed by atoms with Crippen LogP contribution in [0.1, 0.15) is 40.9 Å². The fraction of sp³-hybridized carbons (Fsp3) is 0.300. The predicted molar refractivity (Wildman–Crippen MR) is 105 cm³/mol. The van der Waals surface area contributed by atoms with E-state index in [4.69, 9.17) is 4.74 Å². The maximum absolute atomic E-state index is 12.2. The number of nitrogens with one attached hydrogen (secondary N) is 2. The standard InChI is InChI=1S/C20H23BrN2O3/c1-13-4-9-18(26-3)17(12-13)14(2)23-19(24)10-11-22-20(25)15-5-7-16(21)8-6-15/h4-9,12,14H,10-11H2,1-3H3,(H,22,25)(H,23,24)/t14-/m0/s1. The molecule has 2 aromatic carbocycles. The highest BCUT2D eigenvalue weighted by molar-refractivity contribution is 9.10. The zero-order valence-electron chi connectivity index (χ0n) is 15.1. The Balaban J connectivity index is 1.84. The van der Waals surface area contributed by atoms with Crippen molar-refractivity contribution >= 4 is 27.7 Å². The lowest BCUT2D eigenvalue weighted by atomic mass is 10.0. The summed E-state index contributed by atoms with van der Waals surface area (Å²) in [6, 6.07) is 12.7. The molecule has 0 aliphatic rings. The van der Waals surface area contributed by atoms with E-state index in [1.165, 1.54) is 0 Å². The second kappa shape index (κ2) is 9.38. The first-order valence-electron chi connectivity index (χ1n) is 8.38. The van der Waals surface area contributed by atoms with Gasteiger partial charge in [-0.1, -0.05) is 33.6 Å². The SMILES string of the molecule is COc1ccc(C)cc1[C@H](C)NC(=O)CCNC(=O)c1ccc(Br)cc1. The molecule has 0 spiro atoms. The quantitative estimate of drug-likeness (QED) is 0.718. The molecule has 6 heteroatoms. The Kier molecular flexibility index (Phi) is 7.21. The van der Waals surface area contributed by atoms with Crippen LogP contribution in [0.3, 0.4) is 0 Å². The van der Waals surface area contributed by atoms with E-state index >= 15 is 0 Å². The molecule has 0 unspecified atom stereocenters. The van der Waals surface area contributed by atoms with Gasteiger partial charge in [-0.25, -0.2) is 0 Å². The number of hydrogen-bond donors (Lipinski definition) is 2. The minimum absolute atomic E-state index is 0.128. The summed E-state index contributed by atoms with van der Waals surface area (Å²) in [5.41, 5.74) is 2.59. The monoisotopic (exact) mass is 418 g/mol. The fourth-order valence-electron chi connectivity index (χ4n) is 2.58. The van der Waals surface area contributed by atoms with Gasteiger partial charge in [0.05, 0.1) is 13.2 Å². The fourth-order valence-corrected chi connectivity index (χ4v) is 2.84. The average molecular weight is 419 g/mol. The summed E-state index contributed by atoms with van der Waals surface area (Å²) in [6.45, 7) is 4.18. The van der Waals surface area contributed by atoms with Crippen molar-refractivity contribution < 1.29 is 14.3 Å². The van der Waals surface area contributed by atoms with Crippen LogP contribution >= 0.6 is 15.9 Å². The Morgan fingerprint density at radius 2 is 1.85 bits per heavy atom. The van der Waals surface area contributed by atoms with Crippen molar-refractivity contribution in [2.45, 2.75) is 26.3 Å². The molecule has 2 aromatic rings. The van der Waals surface area contributed by atoms with E-state index in [0.29, 0.717) is 5.56 Å². The zero-order valence-corrected chi connectivity index (χ0v) is 16.7. The Morgan fingerprint density at radius 3 is 2.50 bits per heavy atom. The van der Waals surface area contributed by atoms with Crippen molar-refractivity contribution in [3.63, 3.8) is 0 Å². The summed E-state index contributed by atoms with van der Waals surface area (Å²) in [6.07, 6.45) is 0.209. The molecule has 2 rings (SSSR count). The van der Waals surface area contributed by atoms with Gasteiger partial charge in [0.25, 0.3) is 5.91 Å². The summed E-state index contributed by atoms with van der Waals surface area (Å²) in [4.78, 5) is 24.2. The molecule has 0 aliphatic carbocycles. The minimum atomic E-state index is -0.196. The number of rotatable bonds is 7. The number of halogens is 1. The molecule has 1 atom stereocenters. The molecular weight excluding hydrogens is 396 g/mol. The first kappa shape index (κ1) is 20.0. The van der Waals surface area contributed by atoms with Crippen LogP contribution < -0.4 is 15.4 Å². The molecule has 26 heavy (non-hydrogen) atoms. The van der Waals surface area contributed by atoms with Crippen molar-refractivity contribution in [2.24, 2.45) is 0 Å². The third-order valence-corrected chi connectivity index (χ3v) is 4.50. The van der Waals surface area contributed by atoms with Crippen molar-refractivity contribution in [3.05, 3.63) is 63.6 Å². The van der Waals surface area contributed by atoms with Crippen LogP contribution in [-0.4, -0.2) is 25.5 Å². The Hall–Kier alpha value is -2.34. The summed E-state index contributed by atoms with van der Waals surface area (Å²) < 4.78 is 6.27. The zero-order chi connectivity index (χ0) is 19.1. The van der Waals surface area contributed by atoms with Gasteiger partial charge >= 0.3 is 0 Å². The van der Waals surface area contributed by atoms with Crippen LogP contribution in [0.25, 0.3) is 0 Å². The Labute approximate surface area is 162 Å². The molecule has 2 N–H and O–H groups in total. The maximum atomic E-state index is 12.2. The molecule has 0 saturated carbocycles. The smallest absolute Gasteiger partial charge is 0.251 e. The topological polar surface area (TPSA) is 67.4 Å². The number of amides is 2. The molecule has 0 aliphatic heterocycles. The molecule has 2 amide bonds. The number of carbonyl (C=O) groups excluding carboxylic acids is 2. The van der Waals surface area contributed by atoms with E-state index in [1.807, 2.05) is 32.0 Å². The van der Waals surface area contributed by atoms with Gasteiger partial charge < -0.3 is 15.4 Å². The van der Waals surface area contributed by atoms with Crippen molar-refractivity contribution in [1.29, 1.82) is 0 Å². The minimum Gasteiger partial charge on any atom is -0.496 e. The lowest BCUT2D eigenvalue weighted by Gasteiger charge is -2.18. The number of carbonyl (C=O) groups is 2. The molecule has 5 nitrogen and oxygen atoms in total. The maximum Gasteiger partial charge on any atom is 0.251 e. The average Bonchev–Trinajstić information content (AvgIpc) is 2.62. The predicted octanol–water partition coefficient (Wildman–Crippen LogP) is 3.76. The summed E-state index contributed by atoms with van der Waals surface area (Å²) in [7, 11) is 1.61.